The molecule has 5 nitrogen and oxygen atoms in total. The van der Waals surface area contributed by atoms with Crippen LogP contribution in [-0.2, 0) is 20.6 Å². The van der Waals surface area contributed by atoms with Crippen LogP contribution in [0.1, 0.15) is 18.4 Å². The standard InChI is InChI=1S/C19H19F3N2O3S/c20-15-5-3-13(4-6-15)12-28(26,27)24-9-1-2-14(11-24)19(25)23-18-8-7-16(21)10-17(18)22/h3-8,10,14H,1-2,9,11-12H2,(H,23,25)/t14-/m0/s1. The number of carbonyl (C=O) groups excluding carboxylic acids is 1. The number of nitrogens with one attached hydrogen (secondary N) is 1. The smallest absolute Gasteiger partial charge is 0.228 e. The van der Waals surface area contributed by atoms with Gasteiger partial charge in [-0.15, -0.1) is 0 Å². The molecule has 1 amide bonds. The van der Waals surface area contributed by atoms with Gasteiger partial charge in [-0.05, 0) is 42.7 Å². The number of piperidine rings is 1. The van der Waals surface area contributed by atoms with E-state index in [0.717, 1.165) is 12.1 Å². The second-order valence-corrected chi connectivity index (χ2v) is 8.66. The van der Waals surface area contributed by atoms with Gasteiger partial charge in [0.25, 0.3) is 0 Å². The van der Waals surface area contributed by atoms with E-state index >= 15 is 0 Å². The Balaban J connectivity index is 1.67. The average molecular weight is 412 g/mol. The van der Waals surface area contributed by atoms with Gasteiger partial charge in [0, 0.05) is 19.2 Å². The van der Waals surface area contributed by atoms with Gasteiger partial charge in [-0.3, -0.25) is 4.79 Å². The summed E-state index contributed by atoms with van der Waals surface area (Å²) < 4.78 is 66.2. The number of anilines is 1. The zero-order chi connectivity index (χ0) is 20.3. The van der Waals surface area contributed by atoms with Crippen molar-refractivity contribution in [3.05, 3.63) is 65.5 Å². The number of halogens is 3. The quantitative estimate of drug-likeness (QED) is 0.820. The van der Waals surface area contributed by atoms with Crippen molar-refractivity contribution in [2.24, 2.45) is 5.92 Å². The third-order valence-electron chi connectivity index (χ3n) is 4.60. The predicted molar refractivity (Wildman–Crippen MR) is 98.3 cm³/mol. The molecule has 1 heterocycles. The van der Waals surface area contributed by atoms with Crippen LogP contribution in [0.2, 0.25) is 0 Å². The summed E-state index contributed by atoms with van der Waals surface area (Å²) in [5.41, 5.74) is 0.291. The lowest BCUT2D eigenvalue weighted by atomic mass is 9.98. The Morgan fingerprint density at radius 3 is 2.43 bits per heavy atom. The van der Waals surface area contributed by atoms with E-state index in [4.69, 9.17) is 0 Å². The molecule has 150 valence electrons. The van der Waals surface area contributed by atoms with E-state index in [2.05, 4.69) is 5.32 Å². The predicted octanol–water partition coefficient (Wildman–Crippen LogP) is 3.28. The minimum atomic E-state index is -3.70. The largest absolute Gasteiger partial charge is 0.323 e. The van der Waals surface area contributed by atoms with Crippen LogP contribution in [0.4, 0.5) is 18.9 Å². The Morgan fingerprint density at radius 1 is 1.07 bits per heavy atom. The summed E-state index contributed by atoms with van der Waals surface area (Å²) in [5.74, 6) is -3.58. The summed E-state index contributed by atoms with van der Waals surface area (Å²) >= 11 is 0. The van der Waals surface area contributed by atoms with Gasteiger partial charge in [-0.2, -0.15) is 0 Å². The normalized spacial score (nSPS) is 18.0. The summed E-state index contributed by atoms with van der Waals surface area (Å²) in [7, 11) is -3.70. The van der Waals surface area contributed by atoms with Gasteiger partial charge in [-0.1, -0.05) is 12.1 Å². The van der Waals surface area contributed by atoms with E-state index in [9.17, 15) is 26.4 Å². The van der Waals surface area contributed by atoms with Crippen LogP contribution in [0, 0.1) is 23.4 Å². The first-order chi connectivity index (χ1) is 13.2. The van der Waals surface area contributed by atoms with E-state index < -0.39 is 39.3 Å². The van der Waals surface area contributed by atoms with E-state index in [-0.39, 0.29) is 24.5 Å². The van der Waals surface area contributed by atoms with E-state index in [1.165, 1.54) is 28.6 Å². The molecule has 0 aliphatic carbocycles. The van der Waals surface area contributed by atoms with Crippen molar-refractivity contribution in [1.29, 1.82) is 0 Å². The van der Waals surface area contributed by atoms with Crippen molar-refractivity contribution < 1.29 is 26.4 Å². The Morgan fingerprint density at radius 2 is 1.75 bits per heavy atom. The minimum absolute atomic E-state index is 0.0296. The van der Waals surface area contributed by atoms with Crippen molar-refractivity contribution >= 4 is 21.6 Å². The molecule has 1 aliphatic rings. The fourth-order valence-electron chi connectivity index (χ4n) is 3.12. The molecule has 0 aromatic heterocycles. The molecule has 28 heavy (non-hydrogen) atoms. The molecule has 0 radical (unpaired) electrons. The Hall–Kier alpha value is -2.39. The van der Waals surface area contributed by atoms with Crippen molar-refractivity contribution in [2.75, 3.05) is 18.4 Å². The number of carbonyl (C=O) groups is 1. The van der Waals surface area contributed by atoms with Gasteiger partial charge in [0.05, 0.1) is 17.4 Å². The van der Waals surface area contributed by atoms with Crippen LogP contribution in [0.3, 0.4) is 0 Å². The fourth-order valence-corrected chi connectivity index (χ4v) is 4.73. The third-order valence-corrected chi connectivity index (χ3v) is 6.42. The summed E-state index contributed by atoms with van der Waals surface area (Å²) in [5, 5.41) is 2.39. The highest BCUT2D eigenvalue weighted by Crippen LogP contribution is 2.24. The number of hydrogen-bond donors (Lipinski definition) is 1. The Kier molecular flexibility index (Phi) is 6.04. The van der Waals surface area contributed by atoms with Crippen LogP contribution in [-0.4, -0.2) is 31.7 Å². The van der Waals surface area contributed by atoms with Gasteiger partial charge in [0.15, 0.2) is 0 Å². The van der Waals surface area contributed by atoms with Gasteiger partial charge in [-0.25, -0.2) is 25.9 Å². The molecular weight excluding hydrogens is 393 g/mol. The molecule has 1 aliphatic heterocycles. The maximum absolute atomic E-state index is 13.7. The minimum Gasteiger partial charge on any atom is -0.323 e. The molecule has 1 fully saturated rings. The number of amides is 1. The lowest BCUT2D eigenvalue weighted by molar-refractivity contribution is -0.120. The number of hydrogen-bond acceptors (Lipinski definition) is 3. The van der Waals surface area contributed by atoms with Crippen molar-refractivity contribution in [3.63, 3.8) is 0 Å². The van der Waals surface area contributed by atoms with Crippen LogP contribution in [0.5, 0.6) is 0 Å². The first kappa shape index (κ1) is 20.3. The molecule has 2 aromatic rings. The van der Waals surface area contributed by atoms with Crippen LogP contribution < -0.4 is 5.32 Å². The average Bonchev–Trinajstić information content (AvgIpc) is 2.66. The second-order valence-electron chi connectivity index (χ2n) is 6.69. The number of benzene rings is 2. The summed E-state index contributed by atoms with van der Waals surface area (Å²) in [6.45, 7) is 0.246. The third kappa shape index (κ3) is 4.90. The summed E-state index contributed by atoms with van der Waals surface area (Å²) in [4.78, 5) is 12.4. The number of nitrogens with zero attached hydrogens (tertiary/aromatic N) is 1. The highest BCUT2D eigenvalue weighted by Gasteiger charge is 2.32. The van der Waals surface area contributed by atoms with E-state index in [0.29, 0.717) is 24.5 Å². The molecule has 9 heteroatoms. The highest BCUT2D eigenvalue weighted by atomic mass is 32.2. The molecule has 0 saturated carbocycles. The molecule has 0 spiro atoms. The fraction of sp³-hybridized carbons (Fsp3) is 0.316. The maximum atomic E-state index is 13.7. The SMILES string of the molecule is O=C(Nc1ccc(F)cc1F)[C@H]1CCCN(S(=O)(=O)Cc2ccc(F)cc2)C1. The van der Waals surface area contributed by atoms with E-state index in [1.54, 1.807) is 0 Å². The maximum Gasteiger partial charge on any atom is 0.228 e. The molecule has 1 atom stereocenters. The van der Waals surface area contributed by atoms with Crippen molar-refractivity contribution in [1.82, 2.24) is 4.31 Å². The molecular formula is C19H19F3N2O3S. The zero-order valence-electron chi connectivity index (χ0n) is 14.9. The lowest BCUT2D eigenvalue weighted by Crippen LogP contribution is -2.44. The molecule has 0 unspecified atom stereocenters. The van der Waals surface area contributed by atoms with Gasteiger partial charge < -0.3 is 5.32 Å². The Bertz CT molecular complexity index is 965. The molecule has 1 saturated heterocycles. The monoisotopic (exact) mass is 412 g/mol. The van der Waals surface area contributed by atoms with Gasteiger partial charge >= 0.3 is 0 Å². The summed E-state index contributed by atoms with van der Waals surface area (Å²) in [6.07, 6.45) is 0.934. The van der Waals surface area contributed by atoms with Gasteiger partial charge in [0.1, 0.15) is 17.5 Å². The van der Waals surface area contributed by atoms with Crippen LogP contribution in [0.25, 0.3) is 0 Å². The lowest BCUT2D eigenvalue weighted by Gasteiger charge is -2.31. The zero-order valence-corrected chi connectivity index (χ0v) is 15.7. The number of rotatable bonds is 5. The van der Waals surface area contributed by atoms with Gasteiger partial charge in [0.2, 0.25) is 15.9 Å². The Labute approximate surface area is 161 Å². The highest BCUT2D eigenvalue weighted by molar-refractivity contribution is 7.88. The van der Waals surface area contributed by atoms with Crippen LogP contribution in [0.15, 0.2) is 42.5 Å². The summed E-state index contributed by atoms with van der Waals surface area (Å²) in [6, 6.07) is 7.99. The molecule has 2 aromatic carbocycles. The second kappa shape index (κ2) is 8.32. The number of sulfonamides is 1. The van der Waals surface area contributed by atoms with Crippen LogP contribution >= 0.6 is 0 Å². The first-order valence-electron chi connectivity index (χ1n) is 8.73. The van der Waals surface area contributed by atoms with Crippen molar-refractivity contribution in [2.45, 2.75) is 18.6 Å². The molecule has 1 N–H and O–H groups in total. The molecule has 0 bridgehead atoms. The van der Waals surface area contributed by atoms with E-state index in [1.807, 2.05) is 0 Å². The first-order valence-corrected chi connectivity index (χ1v) is 10.3. The van der Waals surface area contributed by atoms with Crippen molar-refractivity contribution in [3.8, 4) is 0 Å². The molecule has 3 rings (SSSR count). The topological polar surface area (TPSA) is 66.5 Å².